The van der Waals surface area contributed by atoms with Gasteiger partial charge in [-0.2, -0.15) is 0 Å². The second kappa shape index (κ2) is 6.48. The third-order valence-corrected chi connectivity index (χ3v) is 3.59. The van der Waals surface area contributed by atoms with Gasteiger partial charge < -0.3 is 30.1 Å². The van der Waals surface area contributed by atoms with Crippen LogP contribution in [0.5, 0.6) is 0 Å². The third-order valence-electron chi connectivity index (χ3n) is 3.59. The van der Waals surface area contributed by atoms with Crippen LogP contribution in [0.25, 0.3) is 0 Å². The van der Waals surface area contributed by atoms with E-state index in [2.05, 4.69) is 5.32 Å². The van der Waals surface area contributed by atoms with Gasteiger partial charge in [0.05, 0.1) is 31.0 Å². The molecule has 0 aromatic rings. The molecule has 1 fully saturated rings. The van der Waals surface area contributed by atoms with Crippen molar-refractivity contribution in [1.29, 1.82) is 0 Å². The maximum Gasteiger partial charge on any atom is 0.408 e. The van der Waals surface area contributed by atoms with Crippen LogP contribution in [-0.4, -0.2) is 64.1 Å². The highest BCUT2D eigenvalue weighted by atomic mass is 16.6. The number of aliphatic hydroxyl groups excluding tert-OH is 3. The quantitative estimate of drug-likeness (QED) is 0.585. The molecule has 0 saturated carbocycles. The fourth-order valence-corrected chi connectivity index (χ4v) is 2.53. The Hall–Kier alpha value is -0.890. The first-order chi connectivity index (χ1) is 9.51. The molecule has 124 valence electrons. The van der Waals surface area contributed by atoms with E-state index < -0.39 is 41.5 Å². The number of ether oxygens (including phenoxy) is 2. The summed E-state index contributed by atoms with van der Waals surface area (Å²) in [5.74, 6) is -0.583. The van der Waals surface area contributed by atoms with Gasteiger partial charge in [-0.05, 0) is 34.6 Å². The fourth-order valence-electron chi connectivity index (χ4n) is 2.53. The second-order valence-corrected chi connectivity index (χ2v) is 6.89. The van der Waals surface area contributed by atoms with E-state index in [-0.39, 0.29) is 13.2 Å². The monoisotopic (exact) mass is 305 g/mol. The molecular weight excluding hydrogens is 278 g/mol. The average Bonchev–Trinajstić information content (AvgIpc) is 2.30. The predicted molar refractivity (Wildman–Crippen MR) is 75.8 cm³/mol. The van der Waals surface area contributed by atoms with Crippen molar-refractivity contribution in [1.82, 2.24) is 5.32 Å². The van der Waals surface area contributed by atoms with Crippen LogP contribution in [0, 0.1) is 5.92 Å². The first-order valence-electron chi connectivity index (χ1n) is 7.09. The molecule has 1 amide bonds. The van der Waals surface area contributed by atoms with Crippen molar-refractivity contribution in [3.05, 3.63) is 0 Å². The smallest absolute Gasteiger partial charge is 0.408 e. The zero-order valence-corrected chi connectivity index (χ0v) is 13.3. The molecule has 0 spiro atoms. The number of carbonyl (C=O) groups is 1. The SMILES string of the molecule is CC(C)(C)OC(=O)N[C@H]1[C@@H](O)[C@@H](CO)C(C)(C)O[C@@H]1CO. The third kappa shape index (κ3) is 4.54. The van der Waals surface area contributed by atoms with E-state index in [9.17, 15) is 20.1 Å². The number of aliphatic hydroxyl groups is 3. The molecule has 0 aromatic heterocycles. The second-order valence-electron chi connectivity index (χ2n) is 6.89. The van der Waals surface area contributed by atoms with Gasteiger partial charge in [0, 0.05) is 5.92 Å². The van der Waals surface area contributed by atoms with Gasteiger partial charge >= 0.3 is 6.09 Å². The molecule has 4 atom stereocenters. The van der Waals surface area contributed by atoms with Crippen LogP contribution in [0.4, 0.5) is 4.79 Å². The molecule has 0 radical (unpaired) electrons. The highest BCUT2D eigenvalue weighted by Gasteiger charge is 2.49. The van der Waals surface area contributed by atoms with Crippen LogP contribution in [0.2, 0.25) is 0 Å². The minimum atomic E-state index is -1.05. The lowest BCUT2D eigenvalue weighted by atomic mass is 9.78. The number of hydrogen-bond donors (Lipinski definition) is 4. The Morgan fingerprint density at radius 3 is 2.29 bits per heavy atom. The van der Waals surface area contributed by atoms with Crippen molar-refractivity contribution in [3.8, 4) is 0 Å². The minimum absolute atomic E-state index is 0.293. The molecule has 7 nitrogen and oxygen atoms in total. The number of carbonyl (C=O) groups excluding carboxylic acids is 1. The Morgan fingerprint density at radius 2 is 1.86 bits per heavy atom. The lowest BCUT2D eigenvalue weighted by Crippen LogP contribution is -2.66. The van der Waals surface area contributed by atoms with Crippen molar-refractivity contribution in [3.63, 3.8) is 0 Å². The highest BCUT2D eigenvalue weighted by Crippen LogP contribution is 2.34. The summed E-state index contributed by atoms with van der Waals surface area (Å²) in [6, 6.07) is -0.852. The standard InChI is InChI=1S/C14H27NO6/c1-13(2,3)21-12(19)15-10-9(7-17)20-14(4,5)8(6-16)11(10)18/h8-11,16-18H,6-7H2,1-5H3,(H,15,19)/t8-,9-,10-,11+/m1/s1. The molecule has 0 aliphatic carbocycles. The summed E-state index contributed by atoms with van der Waals surface area (Å²) in [6.07, 6.45) is -2.53. The van der Waals surface area contributed by atoms with Crippen molar-refractivity contribution in [2.45, 2.75) is 64.1 Å². The Morgan fingerprint density at radius 1 is 1.29 bits per heavy atom. The Labute approximate surface area is 125 Å². The van der Waals surface area contributed by atoms with E-state index in [1.807, 2.05) is 0 Å². The average molecular weight is 305 g/mol. The van der Waals surface area contributed by atoms with Gasteiger partial charge in [0.1, 0.15) is 11.7 Å². The summed E-state index contributed by atoms with van der Waals surface area (Å²) >= 11 is 0. The maximum absolute atomic E-state index is 11.8. The topological polar surface area (TPSA) is 108 Å². The summed E-state index contributed by atoms with van der Waals surface area (Å²) in [5, 5.41) is 31.8. The molecule has 1 rings (SSSR count). The Kier molecular flexibility index (Phi) is 5.60. The van der Waals surface area contributed by atoms with E-state index in [1.54, 1.807) is 34.6 Å². The molecule has 0 aromatic carbocycles. The van der Waals surface area contributed by atoms with Crippen LogP contribution in [-0.2, 0) is 9.47 Å². The molecule has 0 bridgehead atoms. The Bertz CT molecular complexity index is 365. The zero-order chi connectivity index (χ0) is 16.4. The van der Waals surface area contributed by atoms with E-state index in [4.69, 9.17) is 9.47 Å². The zero-order valence-electron chi connectivity index (χ0n) is 13.3. The number of alkyl carbamates (subject to hydrolysis) is 1. The van der Waals surface area contributed by atoms with E-state index >= 15 is 0 Å². The molecular formula is C14H27NO6. The number of amides is 1. The molecule has 4 N–H and O–H groups in total. The molecule has 21 heavy (non-hydrogen) atoms. The number of nitrogens with one attached hydrogen (secondary N) is 1. The highest BCUT2D eigenvalue weighted by molar-refractivity contribution is 5.68. The van der Waals surface area contributed by atoms with Crippen molar-refractivity contribution >= 4 is 6.09 Å². The Balaban J connectivity index is 2.85. The first-order valence-corrected chi connectivity index (χ1v) is 7.09. The molecule has 1 heterocycles. The van der Waals surface area contributed by atoms with Crippen LogP contribution in [0.3, 0.4) is 0 Å². The predicted octanol–water partition coefficient (Wildman–Crippen LogP) is 0.0188. The molecule has 1 aliphatic heterocycles. The van der Waals surface area contributed by atoms with Crippen molar-refractivity contribution < 1.29 is 29.6 Å². The number of hydrogen-bond acceptors (Lipinski definition) is 6. The van der Waals surface area contributed by atoms with E-state index in [0.717, 1.165) is 0 Å². The fraction of sp³-hybridized carbons (Fsp3) is 0.929. The van der Waals surface area contributed by atoms with Crippen LogP contribution in [0.15, 0.2) is 0 Å². The molecule has 1 aliphatic rings. The summed E-state index contributed by atoms with van der Waals surface area (Å²) in [6.45, 7) is 7.97. The summed E-state index contributed by atoms with van der Waals surface area (Å²) in [5.41, 5.74) is -1.48. The molecule has 0 unspecified atom stereocenters. The maximum atomic E-state index is 11.8. The minimum Gasteiger partial charge on any atom is -0.444 e. The summed E-state index contributed by atoms with van der Waals surface area (Å²) < 4.78 is 10.8. The van der Waals surface area contributed by atoms with Gasteiger partial charge in [-0.1, -0.05) is 0 Å². The first kappa shape index (κ1) is 18.2. The van der Waals surface area contributed by atoms with Crippen LogP contribution >= 0.6 is 0 Å². The van der Waals surface area contributed by atoms with Gasteiger partial charge in [0.25, 0.3) is 0 Å². The van der Waals surface area contributed by atoms with Gasteiger partial charge in [-0.3, -0.25) is 0 Å². The van der Waals surface area contributed by atoms with Crippen molar-refractivity contribution in [2.75, 3.05) is 13.2 Å². The number of rotatable bonds is 3. The lowest BCUT2D eigenvalue weighted by Gasteiger charge is -2.48. The van der Waals surface area contributed by atoms with E-state index in [0.29, 0.717) is 0 Å². The van der Waals surface area contributed by atoms with E-state index in [1.165, 1.54) is 0 Å². The summed E-state index contributed by atoms with van der Waals surface area (Å²) in [7, 11) is 0. The van der Waals surface area contributed by atoms with Gasteiger partial charge in [-0.15, -0.1) is 0 Å². The lowest BCUT2D eigenvalue weighted by molar-refractivity contribution is -0.214. The molecule has 7 heteroatoms. The van der Waals surface area contributed by atoms with Crippen LogP contribution < -0.4 is 5.32 Å². The summed E-state index contributed by atoms with van der Waals surface area (Å²) in [4.78, 5) is 11.8. The normalized spacial score (nSPS) is 32.6. The van der Waals surface area contributed by atoms with Gasteiger partial charge in [0.2, 0.25) is 0 Å². The van der Waals surface area contributed by atoms with Gasteiger partial charge in [0.15, 0.2) is 0 Å². The van der Waals surface area contributed by atoms with Gasteiger partial charge in [-0.25, -0.2) is 4.79 Å². The van der Waals surface area contributed by atoms with Crippen molar-refractivity contribution in [2.24, 2.45) is 5.92 Å². The van der Waals surface area contributed by atoms with Crippen LogP contribution in [0.1, 0.15) is 34.6 Å². The molecule has 1 saturated heterocycles. The largest absolute Gasteiger partial charge is 0.444 e.